The van der Waals surface area contributed by atoms with E-state index in [0.717, 1.165) is 34.9 Å². The number of H-pyrrole nitrogens is 1. The third-order valence-corrected chi connectivity index (χ3v) is 8.49. The zero-order valence-electron chi connectivity index (χ0n) is 17.2. The maximum Gasteiger partial charge on any atom is 0.263 e. The minimum atomic E-state index is -3.52. The summed E-state index contributed by atoms with van der Waals surface area (Å²) >= 11 is 1.24. The molecule has 2 aromatic carbocycles. The van der Waals surface area contributed by atoms with E-state index < -0.39 is 10.0 Å². The Bertz CT molecular complexity index is 1430. The maximum absolute atomic E-state index is 13.0. The Kier molecular flexibility index (Phi) is 5.58. The quantitative estimate of drug-likeness (QED) is 0.470. The van der Waals surface area contributed by atoms with Gasteiger partial charge in [0.1, 0.15) is 9.92 Å². The lowest BCUT2D eigenvalue weighted by molar-refractivity contribution is 0.477. The highest BCUT2D eigenvalue weighted by Gasteiger charge is 2.27. The number of pyridine rings is 2. The summed E-state index contributed by atoms with van der Waals surface area (Å²) in [4.78, 5) is 21.1. The van der Waals surface area contributed by atoms with Gasteiger partial charge in [0.25, 0.3) is 5.56 Å². The summed E-state index contributed by atoms with van der Waals surface area (Å²) in [6.45, 7) is 1.09. The smallest absolute Gasteiger partial charge is 0.263 e. The summed E-state index contributed by atoms with van der Waals surface area (Å²) in [7, 11) is -3.52. The highest BCUT2D eigenvalue weighted by molar-refractivity contribution is 7.99. The van der Waals surface area contributed by atoms with Gasteiger partial charge in [-0.3, -0.25) is 4.79 Å². The van der Waals surface area contributed by atoms with Gasteiger partial charge < -0.3 is 4.98 Å². The number of aromatic amines is 1. The molecule has 8 heteroatoms. The standard InChI is InChI=1S/C24H21N3O3S2/c28-24-23(22(17-8-2-1-3-9-17)19-10-4-5-11-20(19)26-24)31-21-13-12-18(16-25-21)32(29,30)27-14-6-7-15-27/h1-5,8-13,16H,6-7,14-15H2,(H,26,28). The van der Waals surface area contributed by atoms with Crippen molar-refractivity contribution in [2.24, 2.45) is 0 Å². The van der Waals surface area contributed by atoms with Crippen LogP contribution in [-0.2, 0) is 10.0 Å². The third kappa shape index (κ3) is 3.85. The molecule has 0 unspecified atom stereocenters. The zero-order chi connectivity index (χ0) is 22.1. The van der Waals surface area contributed by atoms with Gasteiger partial charge in [0.15, 0.2) is 0 Å². The van der Waals surface area contributed by atoms with E-state index in [1.807, 2.05) is 54.6 Å². The number of aromatic nitrogens is 2. The van der Waals surface area contributed by atoms with Crippen molar-refractivity contribution in [3.8, 4) is 11.1 Å². The molecule has 6 nitrogen and oxygen atoms in total. The van der Waals surface area contributed by atoms with Crippen molar-refractivity contribution >= 4 is 32.7 Å². The minimum absolute atomic E-state index is 0.180. The molecule has 5 rings (SSSR count). The van der Waals surface area contributed by atoms with E-state index in [4.69, 9.17) is 0 Å². The van der Waals surface area contributed by atoms with Gasteiger partial charge >= 0.3 is 0 Å². The summed E-state index contributed by atoms with van der Waals surface area (Å²) in [5.74, 6) is 0. The van der Waals surface area contributed by atoms with Crippen LogP contribution < -0.4 is 5.56 Å². The molecule has 0 radical (unpaired) electrons. The maximum atomic E-state index is 13.0. The van der Waals surface area contributed by atoms with Gasteiger partial charge in [-0.1, -0.05) is 60.3 Å². The lowest BCUT2D eigenvalue weighted by Gasteiger charge is -2.15. The van der Waals surface area contributed by atoms with E-state index in [0.29, 0.717) is 23.0 Å². The normalized spacial score (nSPS) is 14.8. The summed E-state index contributed by atoms with van der Waals surface area (Å²) in [6, 6.07) is 20.7. The number of rotatable bonds is 5. The third-order valence-electron chi connectivity index (χ3n) is 5.56. The van der Waals surface area contributed by atoms with Crippen molar-refractivity contribution in [3.63, 3.8) is 0 Å². The van der Waals surface area contributed by atoms with Gasteiger partial charge in [0.05, 0.1) is 4.90 Å². The molecule has 0 spiro atoms. The number of nitrogens with one attached hydrogen (secondary N) is 1. The summed E-state index contributed by atoms with van der Waals surface area (Å²) in [6.07, 6.45) is 3.15. The largest absolute Gasteiger partial charge is 0.321 e. The molecule has 1 N–H and O–H groups in total. The molecule has 162 valence electrons. The van der Waals surface area contributed by atoms with Crippen LogP contribution in [0.4, 0.5) is 0 Å². The number of benzene rings is 2. The van der Waals surface area contributed by atoms with Gasteiger partial charge in [-0.05, 0) is 36.6 Å². The molecule has 0 aliphatic carbocycles. The predicted molar refractivity (Wildman–Crippen MR) is 126 cm³/mol. The highest BCUT2D eigenvalue weighted by atomic mass is 32.2. The van der Waals surface area contributed by atoms with Crippen LogP contribution in [0.2, 0.25) is 0 Å². The summed E-state index contributed by atoms with van der Waals surface area (Å²) in [5, 5.41) is 1.50. The predicted octanol–water partition coefficient (Wildman–Crippen LogP) is 4.53. The molecule has 1 fully saturated rings. The zero-order valence-corrected chi connectivity index (χ0v) is 18.8. The average molecular weight is 464 g/mol. The number of fused-ring (bicyclic) bond motifs is 1. The monoisotopic (exact) mass is 463 g/mol. The van der Waals surface area contributed by atoms with Crippen LogP contribution in [0.15, 0.2) is 92.5 Å². The van der Waals surface area contributed by atoms with Crippen LogP contribution in [0.1, 0.15) is 12.8 Å². The fraction of sp³-hybridized carbons (Fsp3) is 0.167. The molecule has 0 saturated carbocycles. The Morgan fingerprint density at radius 2 is 1.62 bits per heavy atom. The van der Waals surface area contributed by atoms with Crippen molar-refractivity contribution < 1.29 is 8.42 Å². The van der Waals surface area contributed by atoms with Crippen LogP contribution >= 0.6 is 11.8 Å². The van der Waals surface area contributed by atoms with E-state index in [1.54, 1.807) is 12.1 Å². The molecule has 0 amide bonds. The lowest BCUT2D eigenvalue weighted by Crippen LogP contribution is -2.27. The fourth-order valence-electron chi connectivity index (χ4n) is 3.98. The first-order chi connectivity index (χ1) is 15.5. The molecule has 3 heterocycles. The Hall–Kier alpha value is -2.94. The van der Waals surface area contributed by atoms with Crippen LogP contribution in [0.5, 0.6) is 0 Å². The number of nitrogens with zero attached hydrogens (tertiary/aromatic N) is 2. The van der Waals surface area contributed by atoms with E-state index in [1.165, 1.54) is 22.3 Å². The van der Waals surface area contributed by atoms with Crippen molar-refractivity contribution in [1.29, 1.82) is 0 Å². The molecule has 0 atom stereocenters. The molecule has 0 bridgehead atoms. The van der Waals surface area contributed by atoms with Gasteiger partial charge in [-0.2, -0.15) is 4.31 Å². The van der Waals surface area contributed by atoms with E-state index in [2.05, 4.69) is 9.97 Å². The molecule has 1 aliphatic rings. The lowest BCUT2D eigenvalue weighted by atomic mass is 10.0. The Labute approximate surface area is 190 Å². The van der Waals surface area contributed by atoms with Gasteiger partial charge in [-0.15, -0.1) is 0 Å². The minimum Gasteiger partial charge on any atom is -0.321 e. The second kappa shape index (κ2) is 8.54. The molecular weight excluding hydrogens is 442 g/mol. The molecule has 32 heavy (non-hydrogen) atoms. The van der Waals surface area contributed by atoms with E-state index in [9.17, 15) is 13.2 Å². The van der Waals surface area contributed by atoms with Crippen LogP contribution in [0.25, 0.3) is 22.0 Å². The molecule has 1 aliphatic heterocycles. The summed E-state index contributed by atoms with van der Waals surface area (Å²) in [5.41, 5.74) is 2.33. The van der Waals surface area contributed by atoms with Crippen LogP contribution in [0.3, 0.4) is 0 Å². The molecule has 2 aromatic heterocycles. The average Bonchev–Trinajstić information content (AvgIpc) is 3.37. The molecule has 4 aromatic rings. The molecular formula is C24H21N3O3S2. The number of hydrogen-bond acceptors (Lipinski definition) is 5. The van der Waals surface area contributed by atoms with Crippen LogP contribution in [0, 0.1) is 0 Å². The van der Waals surface area contributed by atoms with E-state index in [-0.39, 0.29) is 10.5 Å². The SMILES string of the molecule is O=c1[nH]c2ccccc2c(-c2ccccc2)c1Sc1ccc(S(=O)(=O)N2CCCC2)cn1. The number of para-hydroxylation sites is 1. The van der Waals surface area contributed by atoms with Gasteiger partial charge in [0.2, 0.25) is 10.0 Å². The molecule has 1 saturated heterocycles. The highest BCUT2D eigenvalue weighted by Crippen LogP contribution is 2.37. The van der Waals surface area contributed by atoms with Crippen molar-refractivity contribution in [2.75, 3.05) is 13.1 Å². The van der Waals surface area contributed by atoms with Crippen molar-refractivity contribution in [1.82, 2.24) is 14.3 Å². The first-order valence-electron chi connectivity index (χ1n) is 10.4. The first kappa shape index (κ1) is 20.9. The van der Waals surface area contributed by atoms with E-state index >= 15 is 0 Å². The number of hydrogen-bond donors (Lipinski definition) is 1. The summed E-state index contributed by atoms with van der Waals surface area (Å²) < 4.78 is 27.0. The van der Waals surface area contributed by atoms with Gasteiger partial charge in [0, 0.05) is 35.8 Å². The first-order valence-corrected chi connectivity index (χ1v) is 12.6. The Balaban J connectivity index is 1.56. The second-order valence-corrected chi connectivity index (χ2v) is 10.6. The van der Waals surface area contributed by atoms with Crippen LogP contribution in [-0.4, -0.2) is 35.8 Å². The van der Waals surface area contributed by atoms with Gasteiger partial charge in [-0.25, -0.2) is 13.4 Å². The van der Waals surface area contributed by atoms with Crippen molar-refractivity contribution in [2.45, 2.75) is 27.7 Å². The van der Waals surface area contributed by atoms with Crippen molar-refractivity contribution in [3.05, 3.63) is 83.3 Å². The Morgan fingerprint density at radius 3 is 2.34 bits per heavy atom. The fourth-order valence-corrected chi connectivity index (χ4v) is 6.36. The number of sulfonamides is 1. The second-order valence-electron chi connectivity index (χ2n) is 7.62. The topological polar surface area (TPSA) is 83.1 Å². The Morgan fingerprint density at radius 1 is 0.906 bits per heavy atom.